The molecule has 1 saturated heterocycles. The van der Waals surface area contributed by atoms with Crippen molar-refractivity contribution in [3.8, 4) is 0 Å². The molecule has 3 heteroatoms. The fourth-order valence-corrected chi connectivity index (χ4v) is 1.74. The van der Waals surface area contributed by atoms with Crippen molar-refractivity contribution in [2.24, 2.45) is 11.8 Å². The van der Waals surface area contributed by atoms with Gasteiger partial charge in [-0.3, -0.25) is 4.79 Å². The van der Waals surface area contributed by atoms with Crippen LogP contribution in [0, 0.1) is 11.8 Å². The van der Waals surface area contributed by atoms with Gasteiger partial charge in [-0.1, -0.05) is 20.8 Å². The van der Waals surface area contributed by atoms with E-state index in [-0.39, 0.29) is 5.91 Å². The molecule has 1 amide bonds. The Hall–Kier alpha value is -0.570. The van der Waals surface area contributed by atoms with Crippen LogP contribution >= 0.6 is 0 Å². The number of hydrogen-bond acceptors (Lipinski definition) is 2. The highest BCUT2D eigenvalue weighted by Crippen LogP contribution is 2.11. The molecule has 1 aliphatic heterocycles. The molecule has 1 heterocycles. The monoisotopic (exact) mass is 212 g/mol. The maximum atomic E-state index is 11.3. The molecule has 2 atom stereocenters. The second kappa shape index (κ2) is 6.11. The second-order valence-corrected chi connectivity index (χ2v) is 5.02. The molecule has 0 aromatic carbocycles. The zero-order valence-electron chi connectivity index (χ0n) is 10.2. The summed E-state index contributed by atoms with van der Waals surface area (Å²) in [5.74, 6) is 1.58. The molecule has 0 aliphatic carbocycles. The van der Waals surface area contributed by atoms with Gasteiger partial charge < -0.3 is 10.6 Å². The van der Waals surface area contributed by atoms with Crippen LogP contribution in [0.5, 0.6) is 0 Å². The van der Waals surface area contributed by atoms with Gasteiger partial charge in [0.1, 0.15) is 0 Å². The lowest BCUT2D eigenvalue weighted by Crippen LogP contribution is -2.36. The van der Waals surface area contributed by atoms with Crippen LogP contribution in [0.3, 0.4) is 0 Å². The summed E-state index contributed by atoms with van der Waals surface area (Å²) in [7, 11) is 0. The van der Waals surface area contributed by atoms with E-state index in [1.165, 1.54) is 0 Å². The Morgan fingerprint density at radius 3 is 2.87 bits per heavy atom. The van der Waals surface area contributed by atoms with Gasteiger partial charge in [0.25, 0.3) is 0 Å². The van der Waals surface area contributed by atoms with Crippen molar-refractivity contribution in [2.45, 2.75) is 46.1 Å². The first-order chi connectivity index (χ1) is 7.09. The van der Waals surface area contributed by atoms with E-state index in [0.717, 1.165) is 25.9 Å². The largest absolute Gasteiger partial charge is 0.356 e. The normalized spacial score (nSPS) is 24.8. The van der Waals surface area contributed by atoms with Crippen LogP contribution in [0.4, 0.5) is 0 Å². The second-order valence-electron chi connectivity index (χ2n) is 5.02. The molecule has 1 fully saturated rings. The molecular weight excluding hydrogens is 188 g/mol. The molecule has 3 nitrogen and oxygen atoms in total. The van der Waals surface area contributed by atoms with Crippen LogP contribution in [0.15, 0.2) is 0 Å². The van der Waals surface area contributed by atoms with Crippen LogP contribution in [0.1, 0.15) is 40.0 Å². The molecule has 0 bridgehead atoms. The zero-order valence-corrected chi connectivity index (χ0v) is 10.2. The van der Waals surface area contributed by atoms with Gasteiger partial charge in [0.2, 0.25) is 5.91 Å². The molecule has 0 radical (unpaired) electrons. The van der Waals surface area contributed by atoms with Crippen LogP contribution in [0.2, 0.25) is 0 Å². The van der Waals surface area contributed by atoms with E-state index < -0.39 is 0 Å². The molecule has 0 aromatic heterocycles. The van der Waals surface area contributed by atoms with Gasteiger partial charge in [0, 0.05) is 19.0 Å². The first-order valence-corrected chi connectivity index (χ1v) is 6.09. The lowest BCUT2D eigenvalue weighted by atomic mass is 9.97. The summed E-state index contributed by atoms with van der Waals surface area (Å²) >= 11 is 0. The molecule has 2 unspecified atom stereocenters. The van der Waals surface area contributed by atoms with Crippen LogP contribution in [-0.2, 0) is 4.79 Å². The average molecular weight is 212 g/mol. The molecule has 1 rings (SSSR count). The van der Waals surface area contributed by atoms with Crippen molar-refractivity contribution >= 4 is 5.91 Å². The quantitative estimate of drug-likeness (QED) is 0.742. The summed E-state index contributed by atoms with van der Waals surface area (Å²) < 4.78 is 0. The Kier molecular flexibility index (Phi) is 5.09. The van der Waals surface area contributed by atoms with E-state index in [2.05, 4.69) is 31.4 Å². The van der Waals surface area contributed by atoms with Crippen molar-refractivity contribution in [2.75, 3.05) is 13.1 Å². The van der Waals surface area contributed by atoms with E-state index in [0.29, 0.717) is 24.3 Å². The van der Waals surface area contributed by atoms with Crippen molar-refractivity contribution in [3.05, 3.63) is 0 Å². The predicted octanol–water partition coefficient (Wildman–Crippen LogP) is 1.54. The lowest BCUT2D eigenvalue weighted by molar-refractivity contribution is -0.121. The maximum absolute atomic E-state index is 11.3. The highest BCUT2D eigenvalue weighted by Gasteiger charge is 2.17. The summed E-state index contributed by atoms with van der Waals surface area (Å²) in [6.07, 6.45) is 2.85. The van der Waals surface area contributed by atoms with Gasteiger partial charge >= 0.3 is 0 Å². The molecule has 88 valence electrons. The third-order valence-electron chi connectivity index (χ3n) is 3.35. The molecule has 1 aliphatic rings. The van der Waals surface area contributed by atoms with E-state index in [4.69, 9.17) is 0 Å². The number of hydrogen-bond donors (Lipinski definition) is 2. The predicted molar refractivity (Wildman–Crippen MR) is 62.7 cm³/mol. The van der Waals surface area contributed by atoms with Gasteiger partial charge in [-0.05, 0) is 31.2 Å². The lowest BCUT2D eigenvalue weighted by Gasteiger charge is -2.21. The number of rotatable bonds is 4. The maximum Gasteiger partial charge on any atom is 0.221 e. The molecule has 0 aromatic rings. The standard InChI is InChI=1S/C12H24N2O/c1-9(2)10(3)8-14-11-5-4-6-13-12(15)7-11/h9-11,14H,4-8H2,1-3H3,(H,13,15). The number of carbonyl (C=O) groups excluding carboxylic acids is 1. The minimum atomic E-state index is 0.196. The summed E-state index contributed by atoms with van der Waals surface area (Å²) in [6, 6.07) is 0.383. The fourth-order valence-electron chi connectivity index (χ4n) is 1.74. The molecule has 2 N–H and O–H groups in total. The topological polar surface area (TPSA) is 41.1 Å². The summed E-state index contributed by atoms with van der Waals surface area (Å²) in [6.45, 7) is 8.61. The first-order valence-electron chi connectivity index (χ1n) is 6.09. The van der Waals surface area contributed by atoms with E-state index in [9.17, 15) is 4.79 Å². The Balaban J connectivity index is 2.27. The van der Waals surface area contributed by atoms with Gasteiger partial charge in [0.15, 0.2) is 0 Å². The van der Waals surface area contributed by atoms with Gasteiger partial charge in [-0.2, -0.15) is 0 Å². The van der Waals surface area contributed by atoms with Crippen molar-refractivity contribution in [3.63, 3.8) is 0 Å². The summed E-state index contributed by atoms with van der Waals surface area (Å²) in [5, 5.41) is 6.42. The highest BCUT2D eigenvalue weighted by atomic mass is 16.1. The van der Waals surface area contributed by atoms with Crippen LogP contribution in [0.25, 0.3) is 0 Å². The summed E-state index contributed by atoms with van der Waals surface area (Å²) in [5.41, 5.74) is 0. The Bertz CT molecular complexity index is 204. The van der Waals surface area contributed by atoms with Crippen LogP contribution < -0.4 is 10.6 Å². The summed E-state index contributed by atoms with van der Waals surface area (Å²) in [4.78, 5) is 11.3. The molecular formula is C12H24N2O. The Morgan fingerprint density at radius 1 is 1.47 bits per heavy atom. The number of nitrogens with one attached hydrogen (secondary N) is 2. The highest BCUT2D eigenvalue weighted by molar-refractivity contribution is 5.76. The third-order valence-corrected chi connectivity index (χ3v) is 3.35. The smallest absolute Gasteiger partial charge is 0.221 e. The third kappa shape index (κ3) is 4.65. The van der Waals surface area contributed by atoms with Crippen molar-refractivity contribution < 1.29 is 4.79 Å². The Labute approximate surface area is 93.0 Å². The number of amides is 1. The zero-order chi connectivity index (χ0) is 11.3. The fraction of sp³-hybridized carbons (Fsp3) is 0.917. The first kappa shape index (κ1) is 12.5. The number of carbonyl (C=O) groups is 1. The SMILES string of the molecule is CC(C)C(C)CNC1CCCNC(=O)C1. The van der Waals surface area contributed by atoms with Gasteiger partial charge in [0.05, 0.1) is 0 Å². The molecule has 0 saturated carbocycles. The van der Waals surface area contributed by atoms with Gasteiger partial charge in [-0.25, -0.2) is 0 Å². The van der Waals surface area contributed by atoms with E-state index in [1.807, 2.05) is 0 Å². The minimum Gasteiger partial charge on any atom is -0.356 e. The van der Waals surface area contributed by atoms with Crippen LogP contribution in [-0.4, -0.2) is 25.0 Å². The average Bonchev–Trinajstić information content (AvgIpc) is 2.38. The molecule has 0 spiro atoms. The van der Waals surface area contributed by atoms with Crippen molar-refractivity contribution in [1.82, 2.24) is 10.6 Å². The van der Waals surface area contributed by atoms with E-state index >= 15 is 0 Å². The minimum absolute atomic E-state index is 0.196. The van der Waals surface area contributed by atoms with Gasteiger partial charge in [-0.15, -0.1) is 0 Å². The Morgan fingerprint density at radius 2 is 2.20 bits per heavy atom. The van der Waals surface area contributed by atoms with E-state index in [1.54, 1.807) is 0 Å². The van der Waals surface area contributed by atoms with Crippen molar-refractivity contribution in [1.29, 1.82) is 0 Å². The molecule has 15 heavy (non-hydrogen) atoms.